The van der Waals surface area contributed by atoms with Crippen LogP contribution in [0.15, 0.2) is 42.0 Å². The van der Waals surface area contributed by atoms with Crippen molar-refractivity contribution in [2.75, 3.05) is 18.8 Å². The van der Waals surface area contributed by atoms with Crippen LogP contribution in [0.4, 0.5) is 10.5 Å². The van der Waals surface area contributed by atoms with E-state index >= 15 is 0 Å². The number of amides is 4. The Bertz CT molecular complexity index is 1210. The van der Waals surface area contributed by atoms with Crippen molar-refractivity contribution in [3.63, 3.8) is 0 Å². The number of aryl methyl sites for hydroxylation is 1. The molecule has 1 aliphatic rings. The molecule has 10 nitrogen and oxygen atoms in total. The van der Waals surface area contributed by atoms with Crippen molar-refractivity contribution in [1.82, 2.24) is 15.5 Å². The van der Waals surface area contributed by atoms with E-state index in [1.54, 1.807) is 18.2 Å². The lowest BCUT2D eigenvalue weighted by atomic mass is 9.99. The third-order valence-corrected chi connectivity index (χ3v) is 5.64. The molecule has 0 spiro atoms. The number of carbonyl (C=O) groups is 4. The van der Waals surface area contributed by atoms with Crippen LogP contribution in [0.2, 0.25) is 0 Å². The minimum absolute atomic E-state index is 0.0344. The Kier molecular flexibility index (Phi) is 7.75. The van der Waals surface area contributed by atoms with Crippen LogP contribution in [-0.2, 0) is 9.59 Å². The average Bonchev–Trinajstić information content (AvgIpc) is 2.94. The van der Waals surface area contributed by atoms with Gasteiger partial charge in [0.15, 0.2) is 0 Å². The molecule has 10 heteroatoms. The maximum Gasteiger partial charge on any atom is 0.337 e. The normalized spacial score (nSPS) is 15.9. The smallest absolute Gasteiger partial charge is 0.337 e. The highest BCUT2D eigenvalue weighted by atomic mass is 16.4. The topological polar surface area (TPSA) is 162 Å². The van der Waals surface area contributed by atoms with E-state index in [2.05, 4.69) is 10.6 Å². The Labute approximate surface area is 202 Å². The fourth-order valence-electron chi connectivity index (χ4n) is 3.80. The van der Waals surface area contributed by atoms with Crippen molar-refractivity contribution in [3.05, 3.63) is 64.2 Å². The first-order valence-electron chi connectivity index (χ1n) is 11.1. The summed E-state index contributed by atoms with van der Waals surface area (Å²) in [5.74, 6) is -2.37. The predicted molar refractivity (Wildman–Crippen MR) is 130 cm³/mol. The molecule has 1 fully saturated rings. The van der Waals surface area contributed by atoms with E-state index in [1.807, 2.05) is 13.8 Å². The fourth-order valence-corrected chi connectivity index (χ4v) is 3.80. The standard InChI is InChI=1S/C25H28N4O6/c1-3-4-20(15-6-7-18(24(33)34)19(26)11-15)28-25(35)29-13-22(31)27-12-17(23(29)32)10-16-9-14(2)5-8-21(16)30/h5-11,20,30H,3-4,12-13,26H2,1-2H3,(H,27,31)(H,28,35)(H,33,34)/b17-10+/t20-/m1/s1. The lowest BCUT2D eigenvalue weighted by Gasteiger charge is -2.24. The molecule has 35 heavy (non-hydrogen) atoms. The molecule has 0 bridgehead atoms. The zero-order valence-electron chi connectivity index (χ0n) is 19.5. The predicted octanol–water partition coefficient (Wildman–Crippen LogP) is 2.57. The van der Waals surface area contributed by atoms with Gasteiger partial charge in [-0.15, -0.1) is 0 Å². The van der Waals surface area contributed by atoms with E-state index in [0.29, 0.717) is 24.0 Å². The quantitative estimate of drug-likeness (QED) is 0.313. The Hall–Kier alpha value is -4.34. The monoisotopic (exact) mass is 480 g/mol. The molecule has 0 aliphatic carbocycles. The zero-order valence-corrected chi connectivity index (χ0v) is 19.5. The molecular weight excluding hydrogens is 452 g/mol. The van der Waals surface area contributed by atoms with Crippen molar-refractivity contribution in [2.45, 2.75) is 32.7 Å². The number of carboxylic acid groups (broad SMARTS) is 1. The van der Waals surface area contributed by atoms with E-state index in [0.717, 1.165) is 10.5 Å². The molecule has 1 aliphatic heterocycles. The van der Waals surface area contributed by atoms with Gasteiger partial charge in [-0.05, 0) is 49.2 Å². The van der Waals surface area contributed by atoms with Gasteiger partial charge in [-0.2, -0.15) is 0 Å². The number of phenolic OH excluding ortho intramolecular Hbond substituents is 1. The number of hydrogen-bond acceptors (Lipinski definition) is 6. The van der Waals surface area contributed by atoms with Crippen molar-refractivity contribution >= 4 is 35.6 Å². The van der Waals surface area contributed by atoms with Crippen LogP contribution in [0.25, 0.3) is 6.08 Å². The largest absolute Gasteiger partial charge is 0.507 e. The van der Waals surface area contributed by atoms with E-state index in [9.17, 15) is 29.4 Å². The summed E-state index contributed by atoms with van der Waals surface area (Å²) in [7, 11) is 0. The number of nitrogens with two attached hydrogens (primary N) is 1. The van der Waals surface area contributed by atoms with Gasteiger partial charge in [-0.25, -0.2) is 9.59 Å². The highest BCUT2D eigenvalue weighted by Gasteiger charge is 2.31. The molecule has 2 aromatic carbocycles. The average molecular weight is 481 g/mol. The summed E-state index contributed by atoms with van der Waals surface area (Å²) in [6.45, 7) is 3.18. The van der Waals surface area contributed by atoms with Crippen LogP contribution >= 0.6 is 0 Å². The van der Waals surface area contributed by atoms with E-state index in [1.165, 1.54) is 24.3 Å². The number of carboxylic acids is 1. The lowest BCUT2D eigenvalue weighted by molar-refractivity contribution is -0.128. The molecule has 184 valence electrons. The van der Waals surface area contributed by atoms with Gasteiger partial charge in [0.25, 0.3) is 5.91 Å². The van der Waals surface area contributed by atoms with E-state index in [4.69, 9.17) is 5.73 Å². The number of aromatic carboxylic acids is 1. The Balaban J connectivity index is 1.89. The van der Waals surface area contributed by atoms with Gasteiger partial charge in [0.05, 0.1) is 11.6 Å². The fraction of sp³-hybridized carbons (Fsp3) is 0.280. The molecular formula is C25H28N4O6. The number of aromatic hydroxyl groups is 1. The first-order valence-corrected chi connectivity index (χ1v) is 11.1. The van der Waals surface area contributed by atoms with Crippen molar-refractivity contribution < 1.29 is 29.4 Å². The molecule has 0 radical (unpaired) electrons. The van der Waals surface area contributed by atoms with E-state index in [-0.39, 0.29) is 29.1 Å². The number of phenols is 1. The number of nitrogens with zero attached hydrogens (tertiary/aromatic N) is 1. The maximum absolute atomic E-state index is 13.2. The Morgan fingerprint density at radius 2 is 1.97 bits per heavy atom. The van der Waals surface area contributed by atoms with Crippen LogP contribution in [0.1, 0.15) is 52.9 Å². The van der Waals surface area contributed by atoms with Crippen LogP contribution in [0.5, 0.6) is 5.75 Å². The summed E-state index contributed by atoms with van der Waals surface area (Å²) < 4.78 is 0. The molecule has 1 atom stereocenters. The van der Waals surface area contributed by atoms with Gasteiger partial charge < -0.3 is 26.6 Å². The van der Waals surface area contributed by atoms with Gasteiger partial charge in [0, 0.05) is 23.4 Å². The summed E-state index contributed by atoms with van der Waals surface area (Å²) in [6.07, 6.45) is 2.62. The minimum Gasteiger partial charge on any atom is -0.507 e. The van der Waals surface area contributed by atoms with Gasteiger partial charge in [0.1, 0.15) is 12.3 Å². The molecule has 0 saturated carbocycles. The first-order chi connectivity index (χ1) is 16.6. The van der Waals surface area contributed by atoms with Gasteiger partial charge >= 0.3 is 12.0 Å². The molecule has 0 aromatic heterocycles. The van der Waals surface area contributed by atoms with Crippen molar-refractivity contribution in [2.24, 2.45) is 0 Å². The third-order valence-electron chi connectivity index (χ3n) is 5.64. The number of urea groups is 1. The SMILES string of the molecule is CCC[C@@H](NC(=O)N1CC(=O)NC/C(=C\c2cc(C)ccc2O)C1=O)c1ccc(C(=O)O)c(N)c1. The summed E-state index contributed by atoms with van der Waals surface area (Å²) in [6, 6.07) is 7.98. The van der Waals surface area contributed by atoms with Crippen LogP contribution in [0.3, 0.4) is 0 Å². The molecule has 0 unspecified atom stereocenters. The number of imide groups is 1. The minimum atomic E-state index is -1.16. The second kappa shape index (κ2) is 10.7. The summed E-state index contributed by atoms with van der Waals surface area (Å²) in [5, 5.41) is 24.7. The number of benzene rings is 2. The maximum atomic E-state index is 13.2. The molecule has 1 saturated heterocycles. The van der Waals surface area contributed by atoms with Gasteiger partial charge in [0.2, 0.25) is 5.91 Å². The molecule has 6 N–H and O–H groups in total. The number of carbonyl (C=O) groups excluding carboxylic acids is 3. The van der Waals surface area contributed by atoms with Crippen LogP contribution < -0.4 is 16.4 Å². The number of anilines is 1. The molecule has 4 amide bonds. The summed E-state index contributed by atoms with van der Waals surface area (Å²) in [5.41, 5.74) is 7.84. The molecule has 1 heterocycles. The molecule has 3 rings (SSSR count). The number of hydrogen-bond donors (Lipinski definition) is 5. The number of nitrogen functional groups attached to an aromatic ring is 1. The summed E-state index contributed by atoms with van der Waals surface area (Å²) >= 11 is 0. The van der Waals surface area contributed by atoms with E-state index < -0.39 is 36.4 Å². The highest BCUT2D eigenvalue weighted by molar-refractivity contribution is 6.10. The number of nitrogens with one attached hydrogen (secondary N) is 2. The lowest BCUT2D eigenvalue weighted by Crippen LogP contribution is -2.47. The van der Waals surface area contributed by atoms with Crippen LogP contribution in [0, 0.1) is 6.92 Å². The zero-order chi connectivity index (χ0) is 25.7. The number of rotatable bonds is 6. The third kappa shape index (κ3) is 5.97. The van der Waals surface area contributed by atoms with Gasteiger partial charge in [-0.1, -0.05) is 31.0 Å². The second-order valence-electron chi connectivity index (χ2n) is 8.34. The summed E-state index contributed by atoms with van der Waals surface area (Å²) in [4.78, 5) is 50.7. The first kappa shape index (κ1) is 25.3. The van der Waals surface area contributed by atoms with Crippen molar-refractivity contribution in [3.8, 4) is 5.75 Å². The van der Waals surface area contributed by atoms with Crippen LogP contribution in [-0.4, -0.2) is 52.0 Å². The van der Waals surface area contributed by atoms with Gasteiger partial charge in [-0.3, -0.25) is 14.5 Å². The Morgan fingerprint density at radius 1 is 1.23 bits per heavy atom. The van der Waals surface area contributed by atoms with Crippen molar-refractivity contribution in [1.29, 1.82) is 0 Å². The second-order valence-corrected chi connectivity index (χ2v) is 8.34. The highest BCUT2D eigenvalue weighted by Crippen LogP contribution is 2.25. The molecule has 2 aromatic rings. The Morgan fingerprint density at radius 3 is 2.63 bits per heavy atom.